The van der Waals surface area contributed by atoms with Crippen molar-refractivity contribution in [3.05, 3.63) is 24.2 Å². The molecule has 1 aromatic rings. The molecule has 0 N–H and O–H groups in total. The zero-order valence-electron chi connectivity index (χ0n) is 6.37. The van der Waals surface area contributed by atoms with Crippen molar-refractivity contribution in [2.24, 2.45) is 0 Å². The molecule has 0 bridgehead atoms. The van der Waals surface area contributed by atoms with Gasteiger partial charge in [0.05, 0.1) is 18.4 Å². The van der Waals surface area contributed by atoms with Crippen LogP contribution in [0.3, 0.4) is 0 Å². The summed E-state index contributed by atoms with van der Waals surface area (Å²) < 4.78 is 9.51. The van der Waals surface area contributed by atoms with Crippen LogP contribution in [0.2, 0.25) is 0 Å². The molecule has 0 spiro atoms. The Labute approximate surface area is 65.0 Å². The third-order valence-corrected chi connectivity index (χ3v) is 1.38. The van der Waals surface area contributed by atoms with Gasteiger partial charge in [0.2, 0.25) is 0 Å². The quantitative estimate of drug-likeness (QED) is 0.617. The van der Waals surface area contributed by atoms with Crippen LogP contribution in [0.5, 0.6) is 0 Å². The van der Waals surface area contributed by atoms with Crippen molar-refractivity contribution in [3.8, 4) is 0 Å². The lowest BCUT2D eigenvalue weighted by molar-refractivity contribution is 0.0931. The van der Waals surface area contributed by atoms with Gasteiger partial charge < -0.3 is 9.15 Å². The molecular weight excluding hydrogens is 144 g/mol. The van der Waals surface area contributed by atoms with E-state index in [4.69, 9.17) is 9.15 Å². The Morgan fingerprint density at radius 1 is 1.73 bits per heavy atom. The highest BCUT2D eigenvalue weighted by molar-refractivity contribution is 5.95. The molecule has 0 aliphatic rings. The maximum Gasteiger partial charge on any atom is 0.168 e. The molecule has 60 valence electrons. The number of hydrogen-bond donors (Lipinski definition) is 0. The second-order valence-electron chi connectivity index (χ2n) is 2.18. The molecule has 0 fully saturated rings. The summed E-state index contributed by atoms with van der Waals surface area (Å²) in [7, 11) is 1.57. The third kappa shape index (κ3) is 2.20. The Kier molecular flexibility index (Phi) is 2.86. The normalized spacial score (nSPS) is 9.91. The van der Waals surface area contributed by atoms with Gasteiger partial charge in [-0.1, -0.05) is 0 Å². The summed E-state index contributed by atoms with van der Waals surface area (Å²) in [4.78, 5) is 11.1. The predicted octanol–water partition coefficient (Wildman–Crippen LogP) is 1.50. The standard InChI is InChI=1S/C8H10O3/c1-10-4-3-8(9)7-2-5-11-6-7/h2,5-6H,3-4H2,1H3. The summed E-state index contributed by atoms with van der Waals surface area (Å²) >= 11 is 0. The molecule has 1 aromatic heterocycles. The molecule has 3 nitrogen and oxygen atoms in total. The van der Waals surface area contributed by atoms with E-state index in [0.29, 0.717) is 18.6 Å². The number of carbonyl (C=O) groups excluding carboxylic acids is 1. The van der Waals surface area contributed by atoms with Crippen molar-refractivity contribution in [2.45, 2.75) is 6.42 Å². The summed E-state index contributed by atoms with van der Waals surface area (Å²) in [6.07, 6.45) is 3.34. The van der Waals surface area contributed by atoms with Gasteiger partial charge in [-0.2, -0.15) is 0 Å². The molecule has 0 amide bonds. The molecule has 0 aliphatic heterocycles. The fraction of sp³-hybridized carbons (Fsp3) is 0.375. The van der Waals surface area contributed by atoms with Crippen molar-refractivity contribution < 1.29 is 13.9 Å². The van der Waals surface area contributed by atoms with Gasteiger partial charge in [-0.15, -0.1) is 0 Å². The third-order valence-electron chi connectivity index (χ3n) is 1.38. The summed E-state index contributed by atoms with van der Waals surface area (Å²) in [5, 5.41) is 0. The number of carbonyl (C=O) groups is 1. The van der Waals surface area contributed by atoms with Crippen LogP contribution < -0.4 is 0 Å². The topological polar surface area (TPSA) is 39.4 Å². The van der Waals surface area contributed by atoms with Gasteiger partial charge >= 0.3 is 0 Å². The van der Waals surface area contributed by atoms with Crippen LogP contribution in [0, 0.1) is 0 Å². The first kappa shape index (κ1) is 8.01. The van der Waals surface area contributed by atoms with Crippen LogP contribution in [0.15, 0.2) is 23.0 Å². The highest BCUT2D eigenvalue weighted by Gasteiger charge is 2.05. The Balaban J connectivity index is 2.43. The van der Waals surface area contributed by atoms with Crippen molar-refractivity contribution in [1.29, 1.82) is 0 Å². The van der Waals surface area contributed by atoms with E-state index in [1.165, 1.54) is 12.5 Å². The molecule has 0 aliphatic carbocycles. The maximum atomic E-state index is 11.1. The molecule has 0 radical (unpaired) electrons. The van der Waals surface area contributed by atoms with Crippen molar-refractivity contribution in [3.63, 3.8) is 0 Å². The molecule has 0 unspecified atom stereocenters. The molecule has 0 aromatic carbocycles. The Morgan fingerprint density at radius 3 is 3.09 bits per heavy atom. The zero-order valence-corrected chi connectivity index (χ0v) is 6.37. The number of methoxy groups -OCH3 is 1. The van der Waals surface area contributed by atoms with Crippen LogP contribution in [0.1, 0.15) is 16.8 Å². The van der Waals surface area contributed by atoms with E-state index in [9.17, 15) is 4.79 Å². The number of Topliss-reactive ketones (excluding diaryl/α,β-unsaturated/α-hetero) is 1. The molecule has 1 heterocycles. The first-order chi connectivity index (χ1) is 5.34. The molecule has 1 rings (SSSR count). The number of hydrogen-bond acceptors (Lipinski definition) is 3. The van der Waals surface area contributed by atoms with Crippen LogP contribution in [-0.4, -0.2) is 19.5 Å². The van der Waals surface area contributed by atoms with E-state index in [2.05, 4.69) is 0 Å². The van der Waals surface area contributed by atoms with E-state index >= 15 is 0 Å². The Bertz CT molecular complexity index is 213. The minimum atomic E-state index is 0.0561. The predicted molar refractivity (Wildman–Crippen MR) is 39.5 cm³/mol. The lowest BCUT2D eigenvalue weighted by Gasteiger charge is -1.94. The Morgan fingerprint density at radius 2 is 2.55 bits per heavy atom. The number of ketones is 1. The van der Waals surface area contributed by atoms with Gasteiger partial charge in [-0.25, -0.2) is 0 Å². The van der Waals surface area contributed by atoms with Crippen LogP contribution in [-0.2, 0) is 4.74 Å². The number of rotatable bonds is 4. The lowest BCUT2D eigenvalue weighted by Crippen LogP contribution is -2.01. The first-order valence-corrected chi connectivity index (χ1v) is 3.39. The van der Waals surface area contributed by atoms with Gasteiger partial charge in [0, 0.05) is 13.5 Å². The summed E-state index contributed by atoms with van der Waals surface area (Å²) in [6, 6.07) is 1.65. The monoisotopic (exact) mass is 154 g/mol. The van der Waals surface area contributed by atoms with Gasteiger partial charge in [0.1, 0.15) is 6.26 Å². The van der Waals surface area contributed by atoms with Gasteiger partial charge in [-0.05, 0) is 6.07 Å². The number of ether oxygens (including phenoxy) is 1. The minimum Gasteiger partial charge on any atom is -0.472 e. The second-order valence-corrected chi connectivity index (χ2v) is 2.18. The van der Waals surface area contributed by atoms with E-state index in [1.54, 1.807) is 13.2 Å². The molecule has 11 heavy (non-hydrogen) atoms. The molecular formula is C8H10O3. The fourth-order valence-corrected chi connectivity index (χ4v) is 0.762. The van der Waals surface area contributed by atoms with Gasteiger partial charge in [0.25, 0.3) is 0 Å². The smallest absolute Gasteiger partial charge is 0.168 e. The second kappa shape index (κ2) is 3.93. The summed E-state index contributed by atoms with van der Waals surface area (Å²) in [5.41, 5.74) is 0.613. The van der Waals surface area contributed by atoms with Crippen molar-refractivity contribution in [2.75, 3.05) is 13.7 Å². The van der Waals surface area contributed by atoms with E-state index in [0.717, 1.165) is 0 Å². The van der Waals surface area contributed by atoms with Crippen LogP contribution >= 0.6 is 0 Å². The van der Waals surface area contributed by atoms with E-state index < -0.39 is 0 Å². The van der Waals surface area contributed by atoms with Crippen molar-refractivity contribution >= 4 is 5.78 Å². The molecule has 0 saturated carbocycles. The highest BCUT2D eigenvalue weighted by Crippen LogP contribution is 2.03. The Hall–Kier alpha value is -1.09. The SMILES string of the molecule is COCCC(=O)c1ccoc1. The van der Waals surface area contributed by atoms with Gasteiger partial charge in [0.15, 0.2) is 5.78 Å². The van der Waals surface area contributed by atoms with Crippen LogP contribution in [0.25, 0.3) is 0 Å². The molecule has 3 heteroatoms. The average molecular weight is 154 g/mol. The largest absolute Gasteiger partial charge is 0.472 e. The molecule has 0 saturated heterocycles. The minimum absolute atomic E-state index is 0.0561. The molecule has 0 atom stereocenters. The maximum absolute atomic E-state index is 11.1. The van der Waals surface area contributed by atoms with E-state index in [-0.39, 0.29) is 5.78 Å². The summed E-state index contributed by atoms with van der Waals surface area (Å²) in [5.74, 6) is 0.0561. The fourth-order valence-electron chi connectivity index (χ4n) is 0.762. The van der Waals surface area contributed by atoms with Crippen LogP contribution in [0.4, 0.5) is 0 Å². The van der Waals surface area contributed by atoms with Crippen molar-refractivity contribution in [1.82, 2.24) is 0 Å². The summed E-state index contributed by atoms with van der Waals surface area (Å²) in [6.45, 7) is 0.462. The number of furan rings is 1. The van der Waals surface area contributed by atoms with Gasteiger partial charge in [-0.3, -0.25) is 4.79 Å². The lowest BCUT2D eigenvalue weighted by atomic mass is 10.2. The van der Waals surface area contributed by atoms with E-state index in [1.807, 2.05) is 0 Å². The highest BCUT2D eigenvalue weighted by atomic mass is 16.5. The first-order valence-electron chi connectivity index (χ1n) is 3.39. The zero-order chi connectivity index (χ0) is 8.10. The average Bonchev–Trinajstić information content (AvgIpc) is 2.52.